The van der Waals surface area contributed by atoms with E-state index >= 15 is 0 Å². The molecular formula is C13H17F2NO4P+. The summed E-state index contributed by atoms with van der Waals surface area (Å²) in [7, 11) is -2.79. The Kier molecular flexibility index (Phi) is 5.75. The van der Waals surface area contributed by atoms with Crippen molar-refractivity contribution in [1.82, 2.24) is 5.32 Å². The van der Waals surface area contributed by atoms with Crippen molar-refractivity contribution in [3.05, 3.63) is 35.4 Å². The van der Waals surface area contributed by atoms with E-state index in [-0.39, 0.29) is 12.0 Å². The molecule has 0 aromatic heterocycles. The second-order valence-electron chi connectivity index (χ2n) is 5.45. The fraction of sp³-hybridized carbons (Fsp3) is 0.462. The first-order chi connectivity index (χ1) is 9.56. The second kappa shape index (κ2) is 6.91. The lowest BCUT2D eigenvalue weighted by atomic mass is 10.1. The van der Waals surface area contributed by atoms with Gasteiger partial charge in [-0.2, -0.15) is 4.89 Å². The van der Waals surface area contributed by atoms with Crippen molar-refractivity contribution < 1.29 is 27.8 Å². The predicted molar refractivity (Wildman–Crippen MR) is 73.0 cm³/mol. The lowest BCUT2D eigenvalue weighted by Crippen LogP contribution is -2.38. The maximum Gasteiger partial charge on any atom is 0.531 e. The van der Waals surface area contributed by atoms with E-state index in [1.807, 2.05) is 0 Å². The van der Waals surface area contributed by atoms with Crippen molar-refractivity contribution in [3.8, 4) is 0 Å². The van der Waals surface area contributed by atoms with Gasteiger partial charge in [0, 0.05) is 12.5 Å². The maximum absolute atomic E-state index is 13.1. The Balaban J connectivity index is 2.78. The molecule has 0 aliphatic rings. The van der Waals surface area contributed by atoms with Crippen LogP contribution in [0.5, 0.6) is 0 Å². The molecule has 0 spiro atoms. The summed E-state index contributed by atoms with van der Waals surface area (Å²) in [4.78, 5) is 20.8. The fourth-order valence-corrected chi connectivity index (χ4v) is 2.16. The molecule has 1 aromatic carbocycles. The standard InChI is InChI=1S/C13H16F2NO4P/c1-13(2,3)20-12(17)16-11(21(18)19)6-8-4-9(14)7-10(15)5-8/h4-5,7,11H,6H2,1-3H3,(H-,16,17,18,19)/p+1. The van der Waals surface area contributed by atoms with Gasteiger partial charge in [-0.05, 0) is 43.0 Å². The van der Waals surface area contributed by atoms with Crippen LogP contribution in [0.1, 0.15) is 26.3 Å². The van der Waals surface area contributed by atoms with Crippen molar-refractivity contribution in [3.63, 3.8) is 0 Å². The minimum Gasteiger partial charge on any atom is -0.444 e. The highest BCUT2D eigenvalue weighted by Crippen LogP contribution is 2.25. The zero-order valence-electron chi connectivity index (χ0n) is 11.9. The molecule has 0 radical (unpaired) electrons. The summed E-state index contributed by atoms with van der Waals surface area (Å²) in [5, 5.41) is 2.22. The molecule has 116 valence electrons. The average Bonchev–Trinajstić information content (AvgIpc) is 2.23. The van der Waals surface area contributed by atoms with Gasteiger partial charge in [0.15, 0.2) is 0 Å². The van der Waals surface area contributed by atoms with Crippen molar-refractivity contribution in [2.75, 3.05) is 0 Å². The summed E-state index contributed by atoms with van der Waals surface area (Å²) >= 11 is 0. The molecular weight excluding hydrogens is 303 g/mol. The van der Waals surface area contributed by atoms with Crippen LogP contribution in [-0.4, -0.2) is 22.4 Å². The van der Waals surface area contributed by atoms with Crippen molar-refractivity contribution >= 4 is 14.1 Å². The minimum atomic E-state index is -2.79. The van der Waals surface area contributed by atoms with Crippen LogP contribution in [0.25, 0.3) is 0 Å². The summed E-state index contributed by atoms with van der Waals surface area (Å²) in [6, 6.07) is 2.76. The van der Waals surface area contributed by atoms with Gasteiger partial charge in [0.2, 0.25) is 0 Å². The Bertz CT molecular complexity index is 525. The minimum absolute atomic E-state index is 0.158. The highest BCUT2D eigenvalue weighted by Gasteiger charge is 2.33. The van der Waals surface area contributed by atoms with Crippen LogP contribution >= 0.6 is 8.03 Å². The van der Waals surface area contributed by atoms with Crippen molar-refractivity contribution in [2.24, 2.45) is 0 Å². The molecule has 0 saturated carbocycles. The predicted octanol–water partition coefficient (Wildman–Crippen LogP) is 3.09. The lowest BCUT2D eigenvalue weighted by Gasteiger charge is -2.20. The topological polar surface area (TPSA) is 75.6 Å². The third-order valence-corrected chi connectivity index (χ3v) is 3.15. The number of benzene rings is 1. The summed E-state index contributed by atoms with van der Waals surface area (Å²) in [6.07, 6.45) is -1.07. The number of ether oxygens (including phenoxy) is 1. The van der Waals surface area contributed by atoms with Gasteiger partial charge in [-0.25, -0.2) is 13.6 Å². The number of rotatable bonds is 4. The normalized spacial score (nSPS) is 13.5. The Labute approximate surface area is 122 Å². The first-order valence-electron chi connectivity index (χ1n) is 6.16. The zero-order chi connectivity index (χ0) is 16.2. The molecule has 0 heterocycles. The lowest BCUT2D eigenvalue weighted by molar-refractivity contribution is 0.0518. The third-order valence-electron chi connectivity index (χ3n) is 2.30. The van der Waals surface area contributed by atoms with E-state index in [0.29, 0.717) is 6.07 Å². The first kappa shape index (κ1) is 17.5. The summed E-state index contributed by atoms with van der Waals surface area (Å²) in [5.41, 5.74) is -0.605. The van der Waals surface area contributed by atoms with Gasteiger partial charge in [-0.1, -0.05) is 0 Å². The van der Waals surface area contributed by atoms with Crippen LogP contribution in [0, 0.1) is 11.6 Å². The van der Waals surface area contributed by atoms with Crippen LogP contribution < -0.4 is 5.32 Å². The highest BCUT2D eigenvalue weighted by atomic mass is 31.1. The van der Waals surface area contributed by atoms with Crippen molar-refractivity contribution in [2.45, 2.75) is 38.6 Å². The number of hydrogen-bond acceptors (Lipinski definition) is 3. The van der Waals surface area contributed by atoms with Gasteiger partial charge in [0.25, 0.3) is 5.78 Å². The molecule has 0 fully saturated rings. The maximum atomic E-state index is 13.1. The van der Waals surface area contributed by atoms with Crippen LogP contribution in [0.4, 0.5) is 13.6 Å². The quantitative estimate of drug-likeness (QED) is 0.836. The van der Waals surface area contributed by atoms with E-state index in [1.165, 1.54) is 0 Å². The molecule has 21 heavy (non-hydrogen) atoms. The monoisotopic (exact) mass is 320 g/mol. The molecule has 8 heteroatoms. The summed E-state index contributed by atoms with van der Waals surface area (Å²) in [5.74, 6) is -2.79. The number of carbonyl (C=O) groups excluding carboxylic acids is 1. The molecule has 1 aromatic rings. The fourth-order valence-electron chi connectivity index (χ4n) is 1.58. The molecule has 2 N–H and O–H groups in total. The number of amides is 1. The summed E-state index contributed by atoms with van der Waals surface area (Å²) < 4.78 is 42.4. The van der Waals surface area contributed by atoms with Crippen molar-refractivity contribution in [1.29, 1.82) is 0 Å². The first-order valence-corrected chi connectivity index (χ1v) is 7.45. The molecule has 0 aliphatic carbocycles. The van der Waals surface area contributed by atoms with Gasteiger partial charge in [-0.15, -0.1) is 0 Å². The SMILES string of the molecule is CC(C)(C)OC(=O)NC(Cc1cc(F)cc(F)c1)[P+](=O)O. The Morgan fingerprint density at radius 1 is 1.33 bits per heavy atom. The largest absolute Gasteiger partial charge is 0.531 e. The van der Waals surface area contributed by atoms with E-state index in [2.05, 4.69) is 5.32 Å². The van der Waals surface area contributed by atoms with E-state index in [0.717, 1.165) is 12.1 Å². The molecule has 0 saturated heterocycles. The number of nitrogens with one attached hydrogen (secondary N) is 1. The molecule has 2 atom stereocenters. The Hall–Kier alpha value is -1.59. The second-order valence-corrected chi connectivity index (χ2v) is 6.67. The number of carbonyl (C=O) groups is 1. The van der Waals surface area contributed by atoms with Gasteiger partial charge >= 0.3 is 14.1 Å². The molecule has 5 nitrogen and oxygen atoms in total. The van der Waals surface area contributed by atoms with Gasteiger partial charge in [0.1, 0.15) is 17.2 Å². The molecule has 2 unspecified atom stereocenters. The number of halogens is 2. The van der Waals surface area contributed by atoms with E-state index in [9.17, 15) is 23.0 Å². The van der Waals surface area contributed by atoms with Crippen LogP contribution in [0.15, 0.2) is 18.2 Å². The highest BCUT2D eigenvalue weighted by molar-refractivity contribution is 7.38. The molecule has 0 bridgehead atoms. The van der Waals surface area contributed by atoms with Crippen LogP contribution in [0.2, 0.25) is 0 Å². The van der Waals surface area contributed by atoms with Gasteiger partial charge in [0.05, 0.1) is 0 Å². The Morgan fingerprint density at radius 2 is 1.86 bits per heavy atom. The van der Waals surface area contributed by atoms with Crippen LogP contribution in [0.3, 0.4) is 0 Å². The van der Waals surface area contributed by atoms with E-state index < -0.39 is 37.1 Å². The third kappa shape index (κ3) is 6.60. The molecule has 1 rings (SSSR count). The van der Waals surface area contributed by atoms with E-state index in [1.54, 1.807) is 20.8 Å². The molecule has 1 amide bonds. The Morgan fingerprint density at radius 3 is 2.29 bits per heavy atom. The average molecular weight is 320 g/mol. The summed E-state index contributed by atoms with van der Waals surface area (Å²) in [6.45, 7) is 4.92. The van der Waals surface area contributed by atoms with Gasteiger partial charge < -0.3 is 4.74 Å². The number of alkyl carbamates (subject to hydrolysis) is 1. The molecule has 0 aliphatic heterocycles. The van der Waals surface area contributed by atoms with E-state index in [4.69, 9.17) is 4.74 Å². The zero-order valence-corrected chi connectivity index (χ0v) is 12.8. The number of hydrogen-bond donors (Lipinski definition) is 2. The van der Waals surface area contributed by atoms with Gasteiger partial charge in [-0.3, -0.25) is 5.32 Å². The van der Waals surface area contributed by atoms with Crippen LogP contribution in [-0.2, 0) is 15.7 Å². The smallest absolute Gasteiger partial charge is 0.444 e.